The highest BCUT2D eigenvalue weighted by Crippen LogP contribution is 2.37. The molecule has 0 saturated carbocycles. The summed E-state index contributed by atoms with van der Waals surface area (Å²) in [7, 11) is 0. The van der Waals surface area contributed by atoms with Crippen molar-refractivity contribution in [2.24, 2.45) is 5.92 Å². The van der Waals surface area contributed by atoms with Crippen LogP contribution >= 0.6 is 0 Å². The van der Waals surface area contributed by atoms with Crippen molar-refractivity contribution in [2.45, 2.75) is 117 Å². The molecule has 318 valence electrons. The quantitative estimate of drug-likeness (QED) is 0.0738. The third kappa shape index (κ3) is 11.5. The molecule has 1 aromatic carbocycles. The minimum absolute atomic E-state index is 0.0100. The third-order valence-electron chi connectivity index (χ3n) is 9.68. The molecule has 3 aliphatic rings. The van der Waals surface area contributed by atoms with Gasteiger partial charge in [-0.25, -0.2) is 0 Å². The molecule has 0 aromatic heterocycles. The van der Waals surface area contributed by atoms with Crippen molar-refractivity contribution in [2.75, 3.05) is 39.6 Å². The van der Waals surface area contributed by atoms with Crippen LogP contribution in [-0.2, 0) is 39.8 Å². The number of benzene rings is 1. The van der Waals surface area contributed by atoms with E-state index in [0.717, 1.165) is 5.56 Å². The predicted octanol–water partition coefficient (Wildman–Crippen LogP) is -9.26. The van der Waals surface area contributed by atoms with E-state index < -0.39 is 135 Å². The second-order valence-electron chi connectivity index (χ2n) is 13.9. The van der Waals surface area contributed by atoms with Crippen molar-refractivity contribution in [3.63, 3.8) is 0 Å². The first-order valence-corrected chi connectivity index (χ1v) is 17.4. The lowest BCUT2D eigenvalue weighted by Crippen LogP contribution is -2.78. The zero-order valence-electron chi connectivity index (χ0n) is 30.0. The summed E-state index contributed by atoms with van der Waals surface area (Å²) in [6, 6.07) is 8.83. The fraction of sp³-hybridized carbons (Fsp3) is 0.788. The number of hydrogen-bond acceptors (Lipinski definition) is 21. The summed E-state index contributed by atoms with van der Waals surface area (Å²) in [4.78, 5) is 12.2. The van der Waals surface area contributed by atoms with Crippen LogP contribution in [0.5, 0.6) is 0 Å². The molecule has 3 fully saturated rings. The average molecular weight is 802 g/mol. The van der Waals surface area contributed by atoms with Gasteiger partial charge >= 0.3 is 0 Å². The fourth-order valence-electron chi connectivity index (χ4n) is 5.85. The first-order chi connectivity index (χ1) is 25.9. The highest BCUT2D eigenvalue weighted by atomic mass is 16.8. The van der Waals surface area contributed by atoms with Crippen molar-refractivity contribution in [3.8, 4) is 0 Å². The topological polar surface area (TPSA) is 386 Å². The number of rotatable bonds is 16. The Labute approximate surface area is 315 Å². The summed E-state index contributed by atoms with van der Waals surface area (Å²) in [5, 5.41) is 141. The number of carbonyl (C=O) groups is 1. The van der Waals surface area contributed by atoms with Crippen LogP contribution in [0.4, 0.5) is 0 Å². The Balaban J connectivity index is 0.000000912. The van der Waals surface area contributed by atoms with E-state index in [2.05, 4.69) is 5.73 Å². The molecule has 1 aromatic rings. The molecule has 3 heterocycles. The van der Waals surface area contributed by atoms with Crippen LogP contribution in [0.15, 0.2) is 30.3 Å². The Morgan fingerprint density at radius 1 is 0.891 bits per heavy atom. The molecule has 16 atom stereocenters. The minimum atomic E-state index is -2.78. The molecule has 55 heavy (non-hydrogen) atoms. The normalized spacial score (nSPS) is 38.1. The van der Waals surface area contributed by atoms with Crippen LogP contribution in [0.1, 0.15) is 18.9 Å². The molecule has 0 spiro atoms. The van der Waals surface area contributed by atoms with Crippen LogP contribution in [0, 0.1) is 5.92 Å². The number of aliphatic hydroxyl groups is 13. The van der Waals surface area contributed by atoms with E-state index in [0.29, 0.717) is 0 Å². The van der Waals surface area contributed by atoms with Crippen molar-refractivity contribution in [1.82, 2.24) is 0 Å². The second-order valence-corrected chi connectivity index (χ2v) is 13.9. The SMILES string of the molecule is C[C@H]1C([C@H](O)[C@H](O)CO)O[C@@](OCC2O[C@@H](O[C@@H]3C(CO)O[C@@H](OCc4ccccc4)C(O)[C@H]3O)C(O)[C@@H](O)[C@H]2O)(C(=O)[O-])C[C@H]1O.[NH3+]C(CO)(CO)CO. The maximum Gasteiger partial charge on any atom is 0.212 e. The number of carbonyl (C=O) groups excluding carboxylic acids is 1. The first kappa shape index (κ1) is 47.3. The van der Waals surface area contributed by atoms with E-state index >= 15 is 0 Å². The van der Waals surface area contributed by atoms with E-state index in [1.54, 1.807) is 30.3 Å². The van der Waals surface area contributed by atoms with Gasteiger partial charge in [0.25, 0.3) is 0 Å². The average Bonchev–Trinajstić information content (AvgIpc) is 3.19. The molecule has 0 bridgehead atoms. The number of carboxylic acids is 1. The summed E-state index contributed by atoms with van der Waals surface area (Å²) in [5.74, 6) is -5.73. The van der Waals surface area contributed by atoms with Gasteiger partial charge in [-0.1, -0.05) is 37.3 Å². The maximum atomic E-state index is 12.2. The number of aliphatic carboxylic acids is 1. The zero-order valence-corrected chi connectivity index (χ0v) is 30.0. The highest BCUT2D eigenvalue weighted by Gasteiger charge is 2.54. The van der Waals surface area contributed by atoms with Crippen LogP contribution < -0.4 is 10.8 Å². The largest absolute Gasteiger partial charge is 0.544 e. The molecule has 0 amide bonds. The molecule has 3 aliphatic heterocycles. The van der Waals surface area contributed by atoms with Gasteiger partial charge in [-0.05, 0) is 5.56 Å². The van der Waals surface area contributed by atoms with E-state index in [1.807, 2.05) is 0 Å². The van der Waals surface area contributed by atoms with Crippen molar-refractivity contribution >= 4 is 5.97 Å². The number of quaternary nitrogens is 1. The van der Waals surface area contributed by atoms with Gasteiger partial charge in [-0.15, -0.1) is 0 Å². The summed E-state index contributed by atoms with van der Waals surface area (Å²) in [6.07, 6.45) is -24.7. The Morgan fingerprint density at radius 3 is 2.00 bits per heavy atom. The van der Waals surface area contributed by atoms with Gasteiger partial charge in [-0.3, -0.25) is 0 Å². The Hall–Kier alpha value is -2.11. The van der Waals surface area contributed by atoms with Crippen LogP contribution in [-0.4, -0.2) is 209 Å². The Bertz CT molecular complexity index is 1270. The van der Waals surface area contributed by atoms with Gasteiger partial charge in [-0.2, -0.15) is 0 Å². The van der Waals surface area contributed by atoms with E-state index in [1.165, 1.54) is 6.92 Å². The molecule has 0 radical (unpaired) electrons. The summed E-state index contributed by atoms with van der Waals surface area (Å²) >= 11 is 0. The minimum Gasteiger partial charge on any atom is -0.544 e. The summed E-state index contributed by atoms with van der Waals surface area (Å²) < 4.78 is 33.3. The monoisotopic (exact) mass is 801 g/mol. The lowest BCUT2D eigenvalue weighted by atomic mass is 9.84. The number of hydrogen-bond donors (Lipinski definition) is 14. The standard InChI is InChI=1S/C29H44O18.C4H11NO3/c1-12-14(32)7-29(28(40)41,47-24(12)18(34)15(33)8-30)43-11-17-19(35)20(36)22(38)27(45-17)46-25-16(9-31)44-26(23(39)21(25)37)42-10-13-5-3-2-4-6-13;5-4(1-6,2-7)3-8/h2-6,12,14-27,30-39H,7-11H2,1H3,(H,40,41);6-8H,1-3,5H2/t12-,14-,15-,16?,17?,18-,19+,20+,21-,22?,23?,24?,25-,26-,27+,29-;/m1./s1. The van der Waals surface area contributed by atoms with Gasteiger partial charge in [0.1, 0.15) is 86.8 Å². The zero-order chi connectivity index (χ0) is 41.2. The number of aliphatic hydroxyl groups excluding tert-OH is 13. The highest BCUT2D eigenvalue weighted by molar-refractivity contribution is 5.73. The Kier molecular flexibility index (Phi) is 18.1. The van der Waals surface area contributed by atoms with Gasteiger partial charge in [0.05, 0.1) is 38.6 Å². The van der Waals surface area contributed by atoms with E-state index in [4.69, 9.17) is 43.7 Å². The molecule has 5 unspecified atom stereocenters. The van der Waals surface area contributed by atoms with Crippen LogP contribution in [0.3, 0.4) is 0 Å². The third-order valence-corrected chi connectivity index (χ3v) is 9.68. The summed E-state index contributed by atoms with van der Waals surface area (Å²) in [5.41, 5.74) is 3.15. The molecule has 0 aliphatic carbocycles. The molecule has 16 N–H and O–H groups in total. The van der Waals surface area contributed by atoms with Crippen LogP contribution in [0.25, 0.3) is 0 Å². The number of carboxylic acid groups (broad SMARTS) is 1. The van der Waals surface area contributed by atoms with Gasteiger partial charge in [0.2, 0.25) is 5.79 Å². The van der Waals surface area contributed by atoms with Crippen molar-refractivity contribution in [1.29, 1.82) is 0 Å². The van der Waals surface area contributed by atoms with E-state index in [9.17, 15) is 61.0 Å². The van der Waals surface area contributed by atoms with Gasteiger partial charge in [0.15, 0.2) is 18.1 Å². The van der Waals surface area contributed by atoms with Gasteiger partial charge < -0.3 is 110 Å². The van der Waals surface area contributed by atoms with Crippen LogP contribution in [0.2, 0.25) is 0 Å². The number of ether oxygens (including phenoxy) is 6. The molecule has 22 nitrogen and oxygen atoms in total. The summed E-state index contributed by atoms with van der Waals surface area (Å²) in [6.45, 7) is -2.07. The molecular weight excluding hydrogens is 746 g/mol. The second kappa shape index (κ2) is 21.1. The van der Waals surface area contributed by atoms with E-state index in [-0.39, 0.29) is 26.4 Å². The molecule has 22 heteroatoms. The maximum absolute atomic E-state index is 12.2. The lowest BCUT2D eigenvalue weighted by Gasteiger charge is -2.49. The Morgan fingerprint density at radius 2 is 1.47 bits per heavy atom. The smallest absolute Gasteiger partial charge is 0.212 e. The van der Waals surface area contributed by atoms with Crippen molar-refractivity contribution < 1.29 is 110 Å². The molecule has 4 rings (SSSR count). The fourth-order valence-corrected chi connectivity index (χ4v) is 5.85. The predicted molar refractivity (Wildman–Crippen MR) is 175 cm³/mol. The van der Waals surface area contributed by atoms with Gasteiger partial charge in [0, 0.05) is 12.3 Å². The first-order valence-electron chi connectivity index (χ1n) is 17.4. The molecular formula is C33H55NO21. The van der Waals surface area contributed by atoms with Crippen molar-refractivity contribution in [3.05, 3.63) is 35.9 Å². The lowest BCUT2D eigenvalue weighted by molar-refractivity contribution is -0.494. The molecule has 3 saturated heterocycles.